The first-order chi connectivity index (χ1) is 15.6. The molecular weight excluding hydrogens is 404 g/mol. The number of anilines is 2. The minimum atomic E-state index is -0.200. The van der Waals surface area contributed by atoms with Crippen LogP contribution < -0.4 is 15.5 Å². The van der Waals surface area contributed by atoms with Crippen molar-refractivity contribution >= 4 is 23.4 Å². The van der Waals surface area contributed by atoms with Crippen molar-refractivity contribution in [3.8, 4) is 0 Å². The molecule has 8 nitrogen and oxygen atoms in total. The lowest BCUT2D eigenvalue weighted by Crippen LogP contribution is -2.48. The lowest BCUT2D eigenvalue weighted by Gasteiger charge is -2.34. The average Bonchev–Trinajstić information content (AvgIpc) is 2.84. The number of amides is 3. The van der Waals surface area contributed by atoms with Crippen LogP contribution in [0.25, 0.3) is 0 Å². The summed E-state index contributed by atoms with van der Waals surface area (Å²) in [4.78, 5) is 36.5. The van der Waals surface area contributed by atoms with Crippen molar-refractivity contribution in [1.82, 2.24) is 20.1 Å². The van der Waals surface area contributed by atoms with E-state index in [-0.39, 0.29) is 17.9 Å². The summed E-state index contributed by atoms with van der Waals surface area (Å²) in [6, 6.07) is 13.2. The van der Waals surface area contributed by atoms with Crippen LogP contribution in [0.2, 0.25) is 0 Å². The predicted molar refractivity (Wildman–Crippen MR) is 126 cm³/mol. The summed E-state index contributed by atoms with van der Waals surface area (Å²) in [5.41, 5.74) is 1.80. The Balaban J connectivity index is 1.32. The highest BCUT2D eigenvalue weighted by Crippen LogP contribution is 2.21. The van der Waals surface area contributed by atoms with Gasteiger partial charge in [-0.2, -0.15) is 0 Å². The molecule has 2 N–H and O–H groups in total. The second-order valence-electron chi connectivity index (χ2n) is 8.58. The number of likely N-dealkylation sites (N-methyl/N-ethyl adjacent to an activating group) is 1. The number of hydrogen-bond donors (Lipinski definition) is 2. The number of para-hydroxylation sites is 1. The Morgan fingerprint density at radius 1 is 1.03 bits per heavy atom. The van der Waals surface area contributed by atoms with Gasteiger partial charge in [-0.05, 0) is 38.1 Å². The second-order valence-corrected chi connectivity index (χ2v) is 8.58. The maximum Gasteiger partial charge on any atom is 0.317 e. The molecule has 4 rings (SSSR count). The number of carbonyl (C=O) groups is 2. The summed E-state index contributed by atoms with van der Waals surface area (Å²) in [5, 5.41) is 6.01. The molecule has 3 heterocycles. The maximum absolute atomic E-state index is 12.9. The summed E-state index contributed by atoms with van der Waals surface area (Å²) in [6.45, 7) is 5.39. The normalized spacial score (nSPS) is 19.5. The standard InChI is InChI=1S/C24H32N6O2/c1-28-13-15-29(16-14-28)22-19(7-5-11-25-22)17-26-24(32)30-12-6-8-20(18-30)23(31)27-21-9-3-2-4-10-21/h2-5,7,9-11,20H,6,8,12-18H2,1H3,(H,26,32)(H,27,31). The number of urea groups is 1. The number of benzene rings is 1. The summed E-state index contributed by atoms with van der Waals surface area (Å²) in [5.74, 6) is 0.715. The summed E-state index contributed by atoms with van der Waals surface area (Å²) in [6.07, 6.45) is 3.41. The summed E-state index contributed by atoms with van der Waals surface area (Å²) in [7, 11) is 2.13. The van der Waals surface area contributed by atoms with E-state index in [4.69, 9.17) is 0 Å². The molecule has 3 amide bonds. The van der Waals surface area contributed by atoms with Gasteiger partial charge in [-0.1, -0.05) is 24.3 Å². The molecule has 1 atom stereocenters. The van der Waals surface area contributed by atoms with Gasteiger partial charge < -0.3 is 25.3 Å². The molecule has 2 aliphatic heterocycles. The quantitative estimate of drug-likeness (QED) is 0.752. The highest BCUT2D eigenvalue weighted by molar-refractivity contribution is 5.93. The largest absolute Gasteiger partial charge is 0.354 e. The van der Waals surface area contributed by atoms with Crippen LogP contribution in [-0.2, 0) is 11.3 Å². The zero-order chi connectivity index (χ0) is 22.3. The van der Waals surface area contributed by atoms with Crippen molar-refractivity contribution in [3.63, 3.8) is 0 Å². The minimum Gasteiger partial charge on any atom is -0.354 e. The zero-order valence-corrected chi connectivity index (χ0v) is 18.7. The number of hydrogen-bond acceptors (Lipinski definition) is 5. The van der Waals surface area contributed by atoms with Crippen molar-refractivity contribution in [1.29, 1.82) is 0 Å². The lowest BCUT2D eigenvalue weighted by atomic mass is 9.97. The number of rotatable bonds is 5. The summed E-state index contributed by atoms with van der Waals surface area (Å²) < 4.78 is 0. The number of nitrogens with one attached hydrogen (secondary N) is 2. The van der Waals surface area contributed by atoms with Crippen LogP contribution in [0.15, 0.2) is 48.7 Å². The van der Waals surface area contributed by atoms with Gasteiger partial charge in [0.2, 0.25) is 5.91 Å². The fraction of sp³-hybridized carbons (Fsp3) is 0.458. The van der Waals surface area contributed by atoms with Gasteiger partial charge in [0.1, 0.15) is 5.82 Å². The van der Waals surface area contributed by atoms with Gasteiger partial charge in [-0.25, -0.2) is 9.78 Å². The third-order valence-electron chi connectivity index (χ3n) is 6.22. The van der Waals surface area contributed by atoms with E-state index in [1.807, 2.05) is 42.5 Å². The Bertz CT molecular complexity index is 914. The first-order valence-electron chi connectivity index (χ1n) is 11.4. The number of pyridine rings is 1. The molecule has 2 fully saturated rings. The highest BCUT2D eigenvalue weighted by atomic mass is 16.2. The predicted octanol–water partition coefficient (Wildman–Crippen LogP) is 2.39. The number of carbonyl (C=O) groups excluding carboxylic acids is 2. The lowest BCUT2D eigenvalue weighted by molar-refractivity contribution is -0.121. The van der Waals surface area contributed by atoms with Crippen LogP contribution in [0.4, 0.5) is 16.3 Å². The molecule has 32 heavy (non-hydrogen) atoms. The molecule has 0 saturated carbocycles. The minimum absolute atomic E-state index is 0.0293. The Hall–Kier alpha value is -3.13. The first kappa shape index (κ1) is 22.1. The third-order valence-corrected chi connectivity index (χ3v) is 6.22. The maximum atomic E-state index is 12.9. The number of piperazine rings is 1. The topological polar surface area (TPSA) is 80.8 Å². The second kappa shape index (κ2) is 10.5. The van der Waals surface area contributed by atoms with Crippen LogP contribution in [0, 0.1) is 5.92 Å². The van der Waals surface area contributed by atoms with Crippen LogP contribution >= 0.6 is 0 Å². The average molecular weight is 437 g/mol. The Morgan fingerprint density at radius 2 is 1.81 bits per heavy atom. The van der Waals surface area contributed by atoms with Crippen molar-refractivity contribution < 1.29 is 9.59 Å². The number of piperidine rings is 1. The van der Waals surface area contributed by atoms with Crippen LogP contribution in [0.5, 0.6) is 0 Å². The van der Waals surface area contributed by atoms with Crippen molar-refractivity contribution in [2.75, 3.05) is 56.5 Å². The van der Waals surface area contributed by atoms with Crippen molar-refractivity contribution in [2.45, 2.75) is 19.4 Å². The van der Waals surface area contributed by atoms with Gasteiger partial charge >= 0.3 is 6.03 Å². The third kappa shape index (κ3) is 5.56. The van der Waals surface area contributed by atoms with E-state index in [0.717, 1.165) is 56.1 Å². The van der Waals surface area contributed by atoms with Gasteiger partial charge in [0.15, 0.2) is 0 Å². The van der Waals surface area contributed by atoms with Gasteiger partial charge in [-0.15, -0.1) is 0 Å². The molecule has 8 heteroatoms. The van der Waals surface area contributed by atoms with Crippen molar-refractivity contribution in [3.05, 3.63) is 54.2 Å². The van der Waals surface area contributed by atoms with Crippen LogP contribution in [-0.4, -0.2) is 73.0 Å². The van der Waals surface area contributed by atoms with E-state index in [1.165, 1.54) is 0 Å². The van der Waals surface area contributed by atoms with E-state index in [2.05, 4.69) is 32.5 Å². The molecular formula is C24H32N6O2. The molecule has 0 radical (unpaired) electrons. The molecule has 0 bridgehead atoms. The molecule has 170 valence electrons. The highest BCUT2D eigenvalue weighted by Gasteiger charge is 2.28. The molecule has 0 spiro atoms. The van der Waals surface area contributed by atoms with E-state index in [1.54, 1.807) is 11.1 Å². The first-order valence-corrected chi connectivity index (χ1v) is 11.4. The SMILES string of the molecule is CN1CCN(c2ncccc2CNC(=O)N2CCCC(C(=O)Nc3ccccc3)C2)CC1. The number of nitrogens with zero attached hydrogens (tertiary/aromatic N) is 4. The molecule has 2 saturated heterocycles. The fourth-order valence-electron chi connectivity index (χ4n) is 4.30. The Labute approximate surface area is 189 Å². The summed E-state index contributed by atoms with van der Waals surface area (Å²) >= 11 is 0. The zero-order valence-electron chi connectivity index (χ0n) is 18.7. The molecule has 2 aromatic rings. The molecule has 1 unspecified atom stereocenters. The van der Waals surface area contributed by atoms with E-state index in [0.29, 0.717) is 19.6 Å². The van der Waals surface area contributed by atoms with Crippen LogP contribution in [0.3, 0.4) is 0 Å². The Morgan fingerprint density at radius 3 is 2.59 bits per heavy atom. The molecule has 1 aromatic carbocycles. The number of aromatic nitrogens is 1. The van der Waals surface area contributed by atoms with Gasteiger partial charge in [0.05, 0.1) is 5.92 Å². The monoisotopic (exact) mass is 436 g/mol. The Kier molecular flexibility index (Phi) is 7.21. The fourth-order valence-corrected chi connectivity index (χ4v) is 4.30. The van der Waals surface area contributed by atoms with E-state index in [9.17, 15) is 9.59 Å². The van der Waals surface area contributed by atoms with E-state index < -0.39 is 0 Å². The smallest absolute Gasteiger partial charge is 0.317 e. The number of likely N-dealkylation sites (tertiary alicyclic amines) is 1. The van der Waals surface area contributed by atoms with E-state index >= 15 is 0 Å². The van der Waals surface area contributed by atoms with Gasteiger partial charge in [-0.3, -0.25) is 4.79 Å². The van der Waals surface area contributed by atoms with Crippen molar-refractivity contribution in [2.24, 2.45) is 5.92 Å². The molecule has 1 aromatic heterocycles. The van der Waals surface area contributed by atoms with Gasteiger partial charge in [0, 0.05) is 63.3 Å². The van der Waals surface area contributed by atoms with Gasteiger partial charge in [0.25, 0.3) is 0 Å². The van der Waals surface area contributed by atoms with Crippen LogP contribution in [0.1, 0.15) is 18.4 Å². The molecule has 0 aliphatic carbocycles. The molecule has 2 aliphatic rings.